The van der Waals surface area contributed by atoms with Crippen LogP contribution in [0.15, 0.2) is 48.8 Å². The van der Waals surface area contributed by atoms with Crippen LogP contribution in [-0.2, 0) is 0 Å². The number of hydrogen-bond acceptors (Lipinski definition) is 5. The van der Waals surface area contributed by atoms with E-state index in [1.165, 1.54) is 11.3 Å². The molecule has 28 heavy (non-hydrogen) atoms. The number of aryl methyl sites for hydroxylation is 2. The summed E-state index contributed by atoms with van der Waals surface area (Å²) in [5, 5.41) is 10.8. The molecule has 1 atom stereocenters. The topological polar surface area (TPSA) is 68.3 Å². The average molecular weight is 377 g/mol. The molecule has 146 valence electrons. The van der Waals surface area contributed by atoms with Crippen LogP contribution in [-0.4, -0.2) is 57.7 Å². The third-order valence-corrected chi connectivity index (χ3v) is 5.34. The van der Waals surface area contributed by atoms with Crippen LogP contribution in [0.1, 0.15) is 23.1 Å². The zero-order valence-electron chi connectivity index (χ0n) is 16.5. The quantitative estimate of drug-likeness (QED) is 0.716. The lowest BCUT2D eigenvalue weighted by Crippen LogP contribution is -2.47. The molecule has 0 bridgehead atoms. The van der Waals surface area contributed by atoms with Gasteiger partial charge in [-0.3, -0.25) is 9.88 Å². The van der Waals surface area contributed by atoms with E-state index in [4.69, 9.17) is 0 Å². The number of nitrogens with zero attached hydrogens (tertiary/aromatic N) is 4. The molecule has 0 saturated carbocycles. The molecule has 3 heterocycles. The Bertz CT molecular complexity index is 916. The summed E-state index contributed by atoms with van der Waals surface area (Å²) in [6.45, 7) is 8.49. The highest BCUT2D eigenvalue weighted by Gasteiger charge is 2.23. The van der Waals surface area contributed by atoms with E-state index in [1.807, 2.05) is 19.1 Å². The Morgan fingerprint density at radius 1 is 1.11 bits per heavy atom. The van der Waals surface area contributed by atoms with E-state index in [2.05, 4.69) is 55.9 Å². The van der Waals surface area contributed by atoms with E-state index in [1.54, 1.807) is 12.4 Å². The summed E-state index contributed by atoms with van der Waals surface area (Å²) in [4.78, 5) is 16.8. The first-order valence-corrected chi connectivity index (χ1v) is 9.79. The molecule has 0 spiro atoms. The lowest BCUT2D eigenvalue weighted by molar-refractivity contribution is 0.106. The first kappa shape index (κ1) is 18.7. The molecule has 1 fully saturated rings. The van der Waals surface area contributed by atoms with Gasteiger partial charge in [-0.25, -0.2) is 4.98 Å². The highest BCUT2D eigenvalue weighted by molar-refractivity contribution is 5.54. The lowest BCUT2D eigenvalue weighted by Gasteiger charge is -2.36. The molecular weight excluding hydrogens is 350 g/mol. The maximum absolute atomic E-state index is 10.8. The molecule has 1 aliphatic rings. The predicted molar refractivity (Wildman–Crippen MR) is 111 cm³/mol. The Kier molecular flexibility index (Phi) is 5.41. The number of H-pyrrole nitrogens is 1. The Labute approximate surface area is 165 Å². The number of nitrogens with one attached hydrogen (secondary N) is 1. The maximum atomic E-state index is 10.8. The number of pyridine rings is 1. The Morgan fingerprint density at radius 2 is 1.93 bits per heavy atom. The third kappa shape index (κ3) is 4.08. The third-order valence-electron chi connectivity index (χ3n) is 5.34. The van der Waals surface area contributed by atoms with Crippen molar-refractivity contribution in [3.63, 3.8) is 0 Å². The van der Waals surface area contributed by atoms with Crippen molar-refractivity contribution in [3.05, 3.63) is 65.7 Å². The number of rotatable bonds is 5. The van der Waals surface area contributed by atoms with Crippen LogP contribution in [0, 0.1) is 13.8 Å². The summed E-state index contributed by atoms with van der Waals surface area (Å²) >= 11 is 0. The van der Waals surface area contributed by atoms with E-state index in [9.17, 15) is 5.11 Å². The minimum absolute atomic E-state index is 0.597. The van der Waals surface area contributed by atoms with Gasteiger partial charge in [-0.05, 0) is 43.7 Å². The summed E-state index contributed by atoms with van der Waals surface area (Å²) in [6, 6.07) is 12.5. The van der Waals surface area contributed by atoms with Crippen molar-refractivity contribution in [1.82, 2.24) is 19.9 Å². The van der Waals surface area contributed by atoms with Crippen molar-refractivity contribution in [2.75, 3.05) is 37.6 Å². The van der Waals surface area contributed by atoms with Crippen molar-refractivity contribution < 1.29 is 5.11 Å². The van der Waals surface area contributed by atoms with Crippen molar-refractivity contribution in [3.8, 4) is 11.4 Å². The zero-order chi connectivity index (χ0) is 19.5. The summed E-state index contributed by atoms with van der Waals surface area (Å²) in [5.41, 5.74) is 5.12. The second-order valence-electron chi connectivity index (χ2n) is 7.48. The molecule has 1 saturated heterocycles. The van der Waals surface area contributed by atoms with Crippen molar-refractivity contribution in [2.45, 2.75) is 20.0 Å². The highest BCUT2D eigenvalue weighted by Crippen LogP contribution is 2.23. The van der Waals surface area contributed by atoms with Crippen LogP contribution in [0.3, 0.4) is 0 Å². The highest BCUT2D eigenvalue weighted by atomic mass is 16.3. The predicted octanol–water partition coefficient (Wildman–Crippen LogP) is 2.94. The standard InChI is InChI=1S/C22H27N5O/c1-16-5-3-7-19(13-16)27-11-9-26(10-12-27)15-20(28)21-17(2)24-22(25-21)18-6-4-8-23-14-18/h3-8,13-14,20,28H,9-12,15H2,1-2H3,(H,24,25). The van der Waals surface area contributed by atoms with Gasteiger partial charge in [-0.2, -0.15) is 0 Å². The molecule has 1 aliphatic heterocycles. The molecule has 1 unspecified atom stereocenters. The molecule has 6 nitrogen and oxygen atoms in total. The van der Waals surface area contributed by atoms with Gasteiger partial charge in [0.05, 0.1) is 5.69 Å². The maximum Gasteiger partial charge on any atom is 0.139 e. The van der Waals surface area contributed by atoms with Crippen molar-refractivity contribution in [1.29, 1.82) is 0 Å². The van der Waals surface area contributed by atoms with Gasteiger partial charge in [0.15, 0.2) is 0 Å². The van der Waals surface area contributed by atoms with E-state index in [0.29, 0.717) is 6.54 Å². The van der Waals surface area contributed by atoms with Gasteiger partial charge in [0, 0.05) is 62.1 Å². The number of aromatic amines is 1. The molecule has 2 aromatic heterocycles. The fraction of sp³-hybridized carbons (Fsp3) is 0.364. The van der Waals surface area contributed by atoms with Gasteiger partial charge < -0.3 is 15.0 Å². The minimum Gasteiger partial charge on any atom is -0.385 e. The smallest absolute Gasteiger partial charge is 0.139 e. The van der Waals surface area contributed by atoms with Gasteiger partial charge in [0.1, 0.15) is 11.9 Å². The van der Waals surface area contributed by atoms with E-state index >= 15 is 0 Å². The number of aliphatic hydroxyl groups excluding tert-OH is 1. The summed E-state index contributed by atoms with van der Waals surface area (Å²) in [5.74, 6) is 0.754. The molecule has 0 amide bonds. The molecule has 6 heteroatoms. The minimum atomic E-state index is -0.604. The van der Waals surface area contributed by atoms with Crippen molar-refractivity contribution in [2.24, 2.45) is 0 Å². The van der Waals surface area contributed by atoms with Crippen LogP contribution >= 0.6 is 0 Å². The molecule has 4 rings (SSSR count). The number of hydrogen-bond donors (Lipinski definition) is 2. The van der Waals surface area contributed by atoms with Crippen LogP contribution < -0.4 is 4.90 Å². The Balaban J connectivity index is 1.37. The van der Waals surface area contributed by atoms with Gasteiger partial charge >= 0.3 is 0 Å². The number of imidazole rings is 1. The first-order chi connectivity index (χ1) is 13.6. The number of aromatic nitrogens is 3. The summed E-state index contributed by atoms with van der Waals surface area (Å²) < 4.78 is 0. The van der Waals surface area contributed by atoms with Crippen LogP contribution in [0.4, 0.5) is 5.69 Å². The van der Waals surface area contributed by atoms with Crippen LogP contribution in [0.2, 0.25) is 0 Å². The average Bonchev–Trinajstić information content (AvgIpc) is 3.11. The van der Waals surface area contributed by atoms with E-state index < -0.39 is 6.10 Å². The normalized spacial score (nSPS) is 16.3. The van der Waals surface area contributed by atoms with Gasteiger partial charge in [-0.1, -0.05) is 12.1 Å². The molecular formula is C22H27N5O. The number of anilines is 1. The second-order valence-corrected chi connectivity index (χ2v) is 7.48. The second kappa shape index (κ2) is 8.12. The fourth-order valence-electron chi connectivity index (χ4n) is 3.78. The van der Waals surface area contributed by atoms with E-state index in [0.717, 1.165) is 49.0 Å². The van der Waals surface area contributed by atoms with Gasteiger partial charge in [0.2, 0.25) is 0 Å². The molecule has 0 aliphatic carbocycles. The fourth-order valence-corrected chi connectivity index (χ4v) is 3.78. The lowest BCUT2D eigenvalue weighted by atomic mass is 10.1. The number of piperazine rings is 1. The summed E-state index contributed by atoms with van der Waals surface area (Å²) in [6.07, 6.45) is 2.91. The van der Waals surface area contributed by atoms with Crippen LogP contribution in [0.25, 0.3) is 11.4 Å². The first-order valence-electron chi connectivity index (χ1n) is 9.79. The Hall–Kier alpha value is -2.70. The van der Waals surface area contributed by atoms with Gasteiger partial charge in [0.25, 0.3) is 0 Å². The zero-order valence-corrected chi connectivity index (χ0v) is 16.5. The van der Waals surface area contributed by atoms with Gasteiger partial charge in [-0.15, -0.1) is 0 Å². The molecule has 0 radical (unpaired) electrons. The SMILES string of the molecule is Cc1cccc(N2CCN(CC(O)c3nc(-c4cccnc4)[nH]c3C)CC2)c1. The number of β-amino-alcohol motifs (C(OH)–C–C–N with tert-alkyl or cyclic N) is 1. The van der Waals surface area contributed by atoms with Crippen LogP contribution in [0.5, 0.6) is 0 Å². The monoisotopic (exact) mass is 377 g/mol. The number of benzene rings is 1. The summed E-state index contributed by atoms with van der Waals surface area (Å²) in [7, 11) is 0. The van der Waals surface area contributed by atoms with Crippen molar-refractivity contribution >= 4 is 5.69 Å². The Morgan fingerprint density at radius 3 is 2.64 bits per heavy atom. The molecule has 3 aromatic rings. The number of aliphatic hydroxyl groups is 1. The molecule has 2 N–H and O–H groups in total. The molecule has 1 aromatic carbocycles. The van der Waals surface area contributed by atoms with E-state index in [-0.39, 0.29) is 0 Å². The largest absolute Gasteiger partial charge is 0.385 e.